The fourth-order valence-corrected chi connectivity index (χ4v) is 2.54. The molecule has 1 heterocycles. The third-order valence-corrected chi connectivity index (χ3v) is 3.72. The molecule has 0 bridgehead atoms. The third kappa shape index (κ3) is 4.01. The summed E-state index contributed by atoms with van der Waals surface area (Å²) in [5.41, 5.74) is 0.863. The summed E-state index contributed by atoms with van der Waals surface area (Å²) in [5, 5.41) is 0. The topological polar surface area (TPSA) is 83.4 Å². The molecule has 1 aliphatic heterocycles. The Hall–Kier alpha value is -3.68. The Kier molecular flexibility index (Phi) is 5.39. The number of methoxy groups -OCH3 is 2. The van der Waals surface area contributed by atoms with Crippen molar-refractivity contribution in [1.29, 1.82) is 0 Å². The Morgan fingerprint density at radius 2 is 1.82 bits per heavy atom. The molecule has 0 unspecified atom stereocenters. The van der Waals surface area contributed by atoms with Crippen LogP contribution in [0.1, 0.15) is 18.1 Å². The number of rotatable bonds is 5. The van der Waals surface area contributed by atoms with Crippen LogP contribution in [0.25, 0.3) is 6.08 Å². The van der Waals surface area contributed by atoms with Gasteiger partial charge in [0.1, 0.15) is 5.82 Å². The quantitative estimate of drug-likeness (QED) is 0.447. The van der Waals surface area contributed by atoms with Crippen molar-refractivity contribution in [3.05, 3.63) is 59.0 Å². The second-order valence-corrected chi connectivity index (χ2v) is 5.69. The number of benzene rings is 2. The van der Waals surface area contributed by atoms with E-state index in [0.29, 0.717) is 11.1 Å². The van der Waals surface area contributed by atoms with Crippen molar-refractivity contribution < 1.29 is 32.9 Å². The van der Waals surface area contributed by atoms with Crippen LogP contribution in [0.3, 0.4) is 0 Å². The van der Waals surface area contributed by atoms with Gasteiger partial charge in [0.2, 0.25) is 11.6 Å². The summed E-state index contributed by atoms with van der Waals surface area (Å²) >= 11 is 0. The van der Waals surface area contributed by atoms with E-state index in [9.17, 15) is 14.0 Å². The average molecular weight is 385 g/mol. The van der Waals surface area contributed by atoms with Gasteiger partial charge in [-0.1, -0.05) is 6.07 Å². The monoisotopic (exact) mass is 385 g/mol. The lowest BCUT2D eigenvalue weighted by Gasteiger charge is -2.13. The smallest absolute Gasteiger partial charge is 0.363 e. The Bertz CT molecular complexity index is 987. The van der Waals surface area contributed by atoms with E-state index >= 15 is 0 Å². The highest BCUT2D eigenvalue weighted by atomic mass is 19.1. The number of nitrogens with zero attached hydrogens (tertiary/aromatic N) is 1. The van der Waals surface area contributed by atoms with Crippen molar-refractivity contribution in [2.75, 3.05) is 14.2 Å². The number of aliphatic imine (C=N–C) groups is 1. The first kappa shape index (κ1) is 19.1. The molecule has 0 aromatic heterocycles. The molecule has 0 N–H and O–H groups in total. The van der Waals surface area contributed by atoms with Crippen LogP contribution in [0.2, 0.25) is 0 Å². The maximum atomic E-state index is 13.4. The lowest BCUT2D eigenvalue weighted by molar-refractivity contribution is -0.132. The number of hydrogen-bond acceptors (Lipinski definition) is 7. The first-order valence-electron chi connectivity index (χ1n) is 8.14. The maximum Gasteiger partial charge on any atom is 0.363 e. The lowest BCUT2D eigenvalue weighted by atomic mass is 10.1. The van der Waals surface area contributed by atoms with Crippen molar-refractivity contribution in [2.45, 2.75) is 6.92 Å². The fraction of sp³-hybridized carbons (Fsp3) is 0.150. The first-order chi connectivity index (χ1) is 13.4. The molecule has 0 radical (unpaired) electrons. The van der Waals surface area contributed by atoms with Crippen LogP contribution in [-0.2, 0) is 14.3 Å². The SMILES string of the molecule is COc1cc(/C=C2\N=C(c3cccc(F)c3)OC2=O)cc(OC)c1OC(C)=O. The molecule has 2 aromatic carbocycles. The van der Waals surface area contributed by atoms with Crippen LogP contribution < -0.4 is 14.2 Å². The van der Waals surface area contributed by atoms with E-state index in [1.54, 1.807) is 18.2 Å². The van der Waals surface area contributed by atoms with Crippen molar-refractivity contribution in [2.24, 2.45) is 4.99 Å². The standard InChI is InChI=1S/C20H16FNO6/c1-11(23)27-18-16(25-2)8-12(9-17(18)26-3)7-15-20(24)28-19(22-15)13-5-4-6-14(21)10-13/h4-10H,1-3H3/b15-7-. The number of hydrogen-bond donors (Lipinski definition) is 0. The van der Waals surface area contributed by atoms with E-state index in [1.807, 2.05) is 0 Å². The van der Waals surface area contributed by atoms with Gasteiger partial charge >= 0.3 is 11.9 Å². The summed E-state index contributed by atoms with van der Waals surface area (Å²) in [4.78, 5) is 27.6. The first-order valence-corrected chi connectivity index (χ1v) is 8.14. The summed E-state index contributed by atoms with van der Waals surface area (Å²) in [5.74, 6) is -1.08. The second-order valence-electron chi connectivity index (χ2n) is 5.69. The molecule has 0 aliphatic carbocycles. The van der Waals surface area contributed by atoms with Gasteiger partial charge in [0.15, 0.2) is 17.2 Å². The molecule has 7 nitrogen and oxygen atoms in total. The summed E-state index contributed by atoms with van der Waals surface area (Å²) in [6.07, 6.45) is 1.46. The van der Waals surface area contributed by atoms with Gasteiger partial charge in [-0.05, 0) is 42.0 Å². The largest absolute Gasteiger partial charge is 0.493 e. The summed E-state index contributed by atoms with van der Waals surface area (Å²) in [6.45, 7) is 1.26. The number of carbonyl (C=O) groups excluding carboxylic acids is 2. The predicted molar refractivity (Wildman–Crippen MR) is 97.9 cm³/mol. The number of ether oxygens (including phenoxy) is 4. The Balaban J connectivity index is 2.00. The van der Waals surface area contributed by atoms with Gasteiger partial charge in [0.25, 0.3) is 0 Å². The molecule has 0 saturated carbocycles. The molecule has 1 aliphatic rings. The number of esters is 2. The fourth-order valence-electron chi connectivity index (χ4n) is 2.54. The highest BCUT2D eigenvalue weighted by Gasteiger charge is 2.25. The summed E-state index contributed by atoms with van der Waals surface area (Å²) in [6, 6.07) is 8.67. The van der Waals surface area contributed by atoms with Gasteiger partial charge < -0.3 is 18.9 Å². The molecule has 28 heavy (non-hydrogen) atoms. The lowest BCUT2D eigenvalue weighted by Crippen LogP contribution is -2.06. The van der Waals surface area contributed by atoms with Crippen molar-refractivity contribution in [3.8, 4) is 17.2 Å². The molecule has 0 atom stereocenters. The molecular weight excluding hydrogens is 369 g/mol. The Labute approximate surface area is 160 Å². The molecule has 0 amide bonds. The van der Waals surface area contributed by atoms with Crippen molar-refractivity contribution in [1.82, 2.24) is 0 Å². The number of carbonyl (C=O) groups is 2. The number of cyclic esters (lactones) is 1. The minimum atomic E-state index is -0.679. The van der Waals surface area contributed by atoms with Crippen LogP contribution in [-0.4, -0.2) is 32.1 Å². The zero-order valence-corrected chi connectivity index (χ0v) is 15.3. The van der Waals surface area contributed by atoms with Crippen LogP contribution in [0.4, 0.5) is 4.39 Å². The average Bonchev–Trinajstić information content (AvgIpc) is 3.02. The molecule has 3 rings (SSSR count). The zero-order chi connectivity index (χ0) is 20.3. The van der Waals surface area contributed by atoms with Crippen LogP contribution in [0.15, 0.2) is 47.1 Å². The van der Waals surface area contributed by atoms with Gasteiger partial charge in [0.05, 0.1) is 14.2 Å². The summed E-state index contributed by atoms with van der Waals surface area (Å²) < 4.78 is 34.1. The zero-order valence-electron chi connectivity index (χ0n) is 15.3. The van der Waals surface area contributed by atoms with E-state index in [4.69, 9.17) is 18.9 Å². The normalized spacial score (nSPS) is 14.5. The summed E-state index contributed by atoms with van der Waals surface area (Å²) in [7, 11) is 2.81. The van der Waals surface area contributed by atoms with E-state index in [-0.39, 0.29) is 28.8 Å². The van der Waals surface area contributed by atoms with Crippen LogP contribution in [0, 0.1) is 5.82 Å². The highest BCUT2D eigenvalue weighted by molar-refractivity contribution is 6.12. The minimum absolute atomic E-state index is 0.00575. The maximum absolute atomic E-state index is 13.4. The van der Waals surface area contributed by atoms with Crippen molar-refractivity contribution >= 4 is 23.9 Å². The van der Waals surface area contributed by atoms with Gasteiger partial charge in [-0.15, -0.1) is 0 Å². The van der Waals surface area contributed by atoms with Gasteiger partial charge in [-0.3, -0.25) is 4.79 Å². The molecule has 0 fully saturated rings. The highest BCUT2D eigenvalue weighted by Crippen LogP contribution is 2.39. The Morgan fingerprint density at radius 1 is 1.14 bits per heavy atom. The van der Waals surface area contributed by atoms with E-state index in [2.05, 4.69) is 4.99 Å². The van der Waals surface area contributed by atoms with E-state index in [0.717, 1.165) is 0 Å². The molecule has 0 saturated heterocycles. The van der Waals surface area contributed by atoms with Crippen LogP contribution >= 0.6 is 0 Å². The molecular formula is C20H16FNO6. The Morgan fingerprint density at radius 3 is 2.39 bits per heavy atom. The number of halogens is 1. The van der Waals surface area contributed by atoms with Crippen molar-refractivity contribution in [3.63, 3.8) is 0 Å². The van der Waals surface area contributed by atoms with Gasteiger partial charge in [-0.2, -0.15) is 0 Å². The third-order valence-electron chi connectivity index (χ3n) is 3.72. The molecule has 8 heteroatoms. The van der Waals surface area contributed by atoms with E-state index < -0.39 is 17.8 Å². The van der Waals surface area contributed by atoms with Gasteiger partial charge in [-0.25, -0.2) is 14.2 Å². The molecule has 0 spiro atoms. The predicted octanol–water partition coefficient (Wildman–Crippen LogP) is 3.11. The van der Waals surface area contributed by atoms with Gasteiger partial charge in [0, 0.05) is 12.5 Å². The van der Waals surface area contributed by atoms with E-state index in [1.165, 1.54) is 45.4 Å². The molecule has 144 valence electrons. The van der Waals surface area contributed by atoms with Crippen LogP contribution in [0.5, 0.6) is 17.2 Å². The minimum Gasteiger partial charge on any atom is -0.493 e. The second kappa shape index (κ2) is 7.91. The molecule has 2 aromatic rings.